The number of hydrogen-bond donors (Lipinski definition) is 0. The highest BCUT2D eigenvalue weighted by molar-refractivity contribution is 6.20. The fourth-order valence-corrected chi connectivity index (χ4v) is 1.93. The summed E-state index contributed by atoms with van der Waals surface area (Å²) in [5, 5.41) is 0.118. The van der Waals surface area contributed by atoms with Crippen molar-refractivity contribution in [3.8, 4) is 0 Å². The van der Waals surface area contributed by atoms with Crippen LogP contribution < -0.4 is 0 Å². The van der Waals surface area contributed by atoms with Crippen LogP contribution in [0.3, 0.4) is 0 Å². The summed E-state index contributed by atoms with van der Waals surface area (Å²) in [6.07, 6.45) is 4.56. The molecule has 0 amide bonds. The zero-order valence-electron chi connectivity index (χ0n) is 10.9. The van der Waals surface area contributed by atoms with Gasteiger partial charge in [-0.05, 0) is 26.7 Å². The SMILES string of the molecule is C=CC(=O)OC(C)OC(C)CC(Cl)CCCC. The summed E-state index contributed by atoms with van der Waals surface area (Å²) >= 11 is 6.17. The Bertz CT molecular complexity index is 231. The minimum Gasteiger partial charge on any atom is -0.433 e. The van der Waals surface area contributed by atoms with E-state index in [2.05, 4.69) is 13.5 Å². The largest absolute Gasteiger partial charge is 0.433 e. The predicted octanol–water partition coefficient (Wildman–Crippen LogP) is 3.65. The molecule has 0 aromatic heterocycles. The van der Waals surface area contributed by atoms with Crippen molar-refractivity contribution >= 4 is 17.6 Å². The van der Waals surface area contributed by atoms with Gasteiger partial charge >= 0.3 is 5.97 Å². The van der Waals surface area contributed by atoms with Gasteiger partial charge in [0.05, 0.1) is 6.10 Å². The Morgan fingerprint density at radius 3 is 2.65 bits per heavy atom. The van der Waals surface area contributed by atoms with Gasteiger partial charge in [0.1, 0.15) is 0 Å². The molecular weight excluding hydrogens is 240 g/mol. The van der Waals surface area contributed by atoms with E-state index in [-0.39, 0.29) is 11.5 Å². The van der Waals surface area contributed by atoms with Crippen molar-refractivity contribution in [1.82, 2.24) is 0 Å². The van der Waals surface area contributed by atoms with Crippen LogP contribution in [0.2, 0.25) is 0 Å². The maximum Gasteiger partial charge on any atom is 0.332 e. The predicted molar refractivity (Wildman–Crippen MR) is 70.1 cm³/mol. The van der Waals surface area contributed by atoms with Crippen LogP contribution >= 0.6 is 11.6 Å². The number of carbonyl (C=O) groups excluding carboxylic acids is 1. The van der Waals surface area contributed by atoms with Gasteiger partial charge in [0.25, 0.3) is 0 Å². The smallest absolute Gasteiger partial charge is 0.332 e. The van der Waals surface area contributed by atoms with Gasteiger partial charge in [-0.25, -0.2) is 4.79 Å². The molecule has 17 heavy (non-hydrogen) atoms. The number of hydrogen-bond acceptors (Lipinski definition) is 3. The fourth-order valence-electron chi connectivity index (χ4n) is 1.53. The van der Waals surface area contributed by atoms with Crippen LogP contribution in [0.4, 0.5) is 0 Å². The number of rotatable bonds is 9. The van der Waals surface area contributed by atoms with Crippen LogP contribution in [0.15, 0.2) is 12.7 Å². The van der Waals surface area contributed by atoms with Crippen LogP contribution in [-0.2, 0) is 14.3 Å². The third-order valence-electron chi connectivity index (χ3n) is 2.33. The van der Waals surface area contributed by atoms with Crippen molar-refractivity contribution in [2.75, 3.05) is 0 Å². The Hall–Kier alpha value is -0.540. The molecule has 0 saturated heterocycles. The quantitative estimate of drug-likeness (QED) is 0.275. The topological polar surface area (TPSA) is 35.5 Å². The molecule has 0 spiro atoms. The Labute approximate surface area is 109 Å². The maximum atomic E-state index is 10.9. The highest BCUT2D eigenvalue weighted by atomic mass is 35.5. The van der Waals surface area contributed by atoms with Gasteiger partial charge in [-0.3, -0.25) is 0 Å². The molecule has 0 radical (unpaired) electrons. The van der Waals surface area contributed by atoms with Gasteiger partial charge in [-0.1, -0.05) is 26.3 Å². The minimum absolute atomic E-state index is 0.0260. The second-order valence-electron chi connectivity index (χ2n) is 4.13. The second-order valence-corrected chi connectivity index (χ2v) is 4.75. The molecule has 0 rings (SSSR count). The first-order valence-corrected chi connectivity index (χ1v) is 6.55. The molecule has 3 nitrogen and oxygen atoms in total. The zero-order valence-corrected chi connectivity index (χ0v) is 11.7. The van der Waals surface area contributed by atoms with Gasteiger partial charge < -0.3 is 9.47 Å². The van der Waals surface area contributed by atoms with E-state index in [1.807, 2.05) is 6.92 Å². The van der Waals surface area contributed by atoms with Gasteiger partial charge in [-0.2, -0.15) is 0 Å². The monoisotopic (exact) mass is 262 g/mol. The molecule has 0 aromatic rings. The van der Waals surface area contributed by atoms with Gasteiger partial charge in [-0.15, -0.1) is 11.6 Å². The number of alkyl halides is 1. The molecule has 4 heteroatoms. The molecule has 0 fully saturated rings. The van der Waals surface area contributed by atoms with Gasteiger partial charge in [0.15, 0.2) is 0 Å². The van der Waals surface area contributed by atoms with Crippen molar-refractivity contribution in [2.24, 2.45) is 0 Å². The molecule has 0 bridgehead atoms. The lowest BCUT2D eigenvalue weighted by atomic mass is 10.1. The lowest BCUT2D eigenvalue weighted by molar-refractivity contribution is -0.178. The lowest BCUT2D eigenvalue weighted by Crippen LogP contribution is -2.24. The number of unbranched alkanes of at least 4 members (excludes halogenated alkanes) is 1. The zero-order chi connectivity index (χ0) is 13.3. The maximum absolute atomic E-state index is 10.9. The van der Waals surface area contributed by atoms with E-state index in [0.29, 0.717) is 0 Å². The van der Waals surface area contributed by atoms with Crippen LogP contribution in [-0.4, -0.2) is 23.7 Å². The highest BCUT2D eigenvalue weighted by Crippen LogP contribution is 2.16. The standard InChI is InChI=1S/C13H23ClO3/c1-5-7-8-12(14)9-10(3)16-11(4)17-13(15)6-2/h6,10-12H,2,5,7-9H2,1,3-4H3. The van der Waals surface area contributed by atoms with Crippen LogP contribution in [0.1, 0.15) is 46.5 Å². The number of carbonyl (C=O) groups is 1. The van der Waals surface area contributed by atoms with E-state index in [1.54, 1.807) is 6.92 Å². The van der Waals surface area contributed by atoms with Gasteiger partial charge in [0, 0.05) is 11.5 Å². The molecular formula is C13H23ClO3. The molecule has 100 valence electrons. The number of esters is 1. The van der Waals surface area contributed by atoms with Crippen LogP contribution in [0, 0.1) is 0 Å². The van der Waals surface area contributed by atoms with E-state index in [0.717, 1.165) is 31.8 Å². The molecule has 3 unspecified atom stereocenters. The average Bonchev–Trinajstić information content (AvgIpc) is 2.25. The summed E-state index contributed by atoms with van der Waals surface area (Å²) in [7, 11) is 0. The summed E-state index contributed by atoms with van der Waals surface area (Å²) in [6.45, 7) is 9.08. The molecule has 0 aromatic carbocycles. The van der Waals surface area contributed by atoms with E-state index in [1.165, 1.54) is 0 Å². The number of halogens is 1. The van der Waals surface area contributed by atoms with Crippen molar-refractivity contribution < 1.29 is 14.3 Å². The lowest BCUT2D eigenvalue weighted by Gasteiger charge is -2.20. The van der Waals surface area contributed by atoms with Crippen molar-refractivity contribution in [3.63, 3.8) is 0 Å². The second kappa shape index (κ2) is 9.49. The Morgan fingerprint density at radius 1 is 1.47 bits per heavy atom. The third kappa shape index (κ3) is 9.19. The first-order valence-electron chi connectivity index (χ1n) is 6.12. The van der Waals surface area contributed by atoms with Crippen LogP contribution in [0.5, 0.6) is 0 Å². The van der Waals surface area contributed by atoms with Gasteiger partial charge in [0.2, 0.25) is 6.29 Å². The van der Waals surface area contributed by atoms with E-state index >= 15 is 0 Å². The summed E-state index contributed by atoms with van der Waals surface area (Å²) < 4.78 is 10.4. The van der Waals surface area contributed by atoms with E-state index in [9.17, 15) is 4.79 Å². The Morgan fingerprint density at radius 2 is 2.12 bits per heavy atom. The molecule has 0 N–H and O–H groups in total. The van der Waals surface area contributed by atoms with Crippen molar-refractivity contribution in [2.45, 2.75) is 64.2 Å². The van der Waals surface area contributed by atoms with E-state index in [4.69, 9.17) is 21.1 Å². The summed E-state index contributed by atoms with van der Waals surface area (Å²) in [4.78, 5) is 10.9. The molecule has 3 atom stereocenters. The average molecular weight is 263 g/mol. The Kier molecular flexibility index (Phi) is 9.18. The molecule has 0 saturated carbocycles. The van der Waals surface area contributed by atoms with E-state index < -0.39 is 12.3 Å². The summed E-state index contributed by atoms with van der Waals surface area (Å²) in [5.41, 5.74) is 0. The fraction of sp³-hybridized carbons (Fsp3) is 0.769. The summed E-state index contributed by atoms with van der Waals surface area (Å²) in [5.74, 6) is -0.474. The minimum atomic E-state index is -0.564. The first kappa shape index (κ1) is 16.5. The third-order valence-corrected chi connectivity index (χ3v) is 2.73. The molecule has 0 aliphatic heterocycles. The van der Waals surface area contributed by atoms with Crippen molar-refractivity contribution in [1.29, 1.82) is 0 Å². The molecule has 0 aliphatic carbocycles. The van der Waals surface area contributed by atoms with Crippen LogP contribution in [0.25, 0.3) is 0 Å². The first-order chi connectivity index (χ1) is 7.99. The molecule has 0 heterocycles. The summed E-state index contributed by atoms with van der Waals surface area (Å²) in [6, 6.07) is 0. The van der Waals surface area contributed by atoms with Crippen molar-refractivity contribution in [3.05, 3.63) is 12.7 Å². The Balaban J connectivity index is 3.79. The molecule has 0 aliphatic rings. The number of ether oxygens (including phenoxy) is 2. The highest BCUT2D eigenvalue weighted by Gasteiger charge is 2.15. The normalized spacial score (nSPS) is 16.0.